The predicted octanol–water partition coefficient (Wildman–Crippen LogP) is 2.21. The number of hydrogen-bond acceptors (Lipinski definition) is 4. The fraction of sp³-hybridized carbons (Fsp3) is 0.200. The molecule has 2 N–H and O–H groups in total. The predicted molar refractivity (Wildman–Crippen MR) is 76.6 cm³/mol. The number of nitrogens with zero attached hydrogens (tertiary/aromatic N) is 1. The van der Waals surface area contributed by atoms with Crippen LogP contribution in [-0.2, 0) is 0 Å². The molecule has 2 heterocycles. The SMILES string of the molecule is CCNC(c1cccnc1)c1ccc2[nH]c(=O)oc2c1. The molecule has 0 fully saturated rings. The molecule has 2 aromatic heterocycles. The van der Waals surface area contributed by atoms with Crippen molar-refractivity contribution in [2.75, 3.05) is 6.54 Å². The molecule has 1 aromatic carbocycles. The summed E-state index contributed by atoms with van der Waals surface area (Å²) in [5, 5.41) is 3.42. The highest BCUT2D eigenvalue weighted by molar-refractivity contribution is 5.73. The first kappa shape index (κ1) is 12.6. The minimum absolute atomic E-state index is 0.0262. The molecule has 0 radical (unpaired) electrons. The van der Waals surface area contributed by atoms with Crippen molar-refractivity contribution in [3.05, 3.63) is 64.4 Å². The van der Waals surface area contributed by atoms with E-state index in [-0.39, 0.29) is 6.04 Å². The largest absolute Gasteiger partial charge is 0.417 e. The molecule has 5 nitrogen and oxygen atoms in total. The Kier molecular flexibility index (Phi) is 3.35. The van der Waals surface area contributed by atoms with Crippen molar-refractivity contribution in [3.63, 3.8) is 0 Å². The van der Waals surface area contributed by atoms with Gasteiger partial charge < -0.3 is 9.73 Å². The Morgan fingerprint density at radius 1 is 1.35 bits per heavy atom. The maximum Gasteiger partial charge on any atom is 0.417 e. The number of H-pyrrole nitrogens is 1. The summed E-state index contributed by atoms with van der Waals surface area (Å²) < 4.78 is 5.12. The van der Waals surface area contributed by atoms with E-state index in [1.165, 1.54) is 0 Å². The number of rotatable bonds is 4. The Morgan fingerprint density at radius 2 is 2.25 bits per heavy atom. The zero-order chi connectivity index (χ0) is 13.9. The third-order valence-corrected chi connectivity index (χ3v) is 3.20. The zero-order valence-corrected chi connectivity index (χ0v) is 11.1. The number of nitrogens with one attached hydrogen (secondary N) is 2. The van der Waals surface area contributed by atoms with Gasteiger partial charge in [-0.25, -0.2) is 4.79 Å². The van der Waals surface area contributed by atoms with E-state index in [0.717, 1.165) is 17.7 Å². The molecule has 0 aliphatic heterocycles. The van der Waals surface area contributed by atoms with Crippen LogP contribution in [0.4, 0.5) is 0 Å². The fourth-order valence-electron chi connectivity index (χ4n) is 2.32. The molecule has 20 heavy (non-hydrogen) atoms. The lowest BCUT2D eigenvalue weighted by atomic mass is 10.00. The van der Waals surface area contributed by atoms with Crippen LogP contribution in [0.5, 0.6) is 0 Å². The highest BCUT2D eigenvalue weighted by atomic mass is 16.4. The van der Waals surface area contributed by atoms with Crippen LogP contribution in [0.3, 0.4) is 0 Å². The number of hydrogen-bond donors (Lipinski definition) is 2. The molecule has 0 aliphatic carbocycles. The third-order valence-electron chi connectivity index (χ3n) is 3.20. The van der Waals surface area contributed by atoms with Gasteiger partial charge in [-0.1, -0.05) is 19.1 Å². The third kappa shape index (κ3) is 2.35. The van der Waals surface area contributed by atoms with Gasteiger partial charge in [0.05, 0.1) is 11.6 Å². The Bertz CT molecular complexity index is 761. The van der Waals surface area contributed by atoms with Gasteiger partial charge in [0.25, 0.3) is 0 Å². The summed E-state index contributed by atoms with van der Waals surface area (Å²) in [5.41, 5.74) is 3.39. The topological polar surface area (TPSA) is 70.9 Å². The first-order chi connectivity index (χ1) is 9.78. The molecule has 3 aromatic rings. The smallest absolute Gasteiger partial charge is 0.408 e. The van der Waals surface area contributed by atoms with Gasteiger partial charge in [-0.3, -0.25) is 9.97 Å². The van der Waals surface area contributed by atoms with Crippen LogP contribution in [0, 0.1) is 0 Å². The number of aromatic nitrogens is 2. The van der Waals surface area contributed by atoms with Crippen molar-refractivity contribution in [3.8, 4) is 0 Å². The van der Waals surface area contributed by atoms with Gasteiger partial charge in [0, 0.05) is 12.4 Å². The lowest BCUT2D eigenvalue weighted by Gasteiger charge is -2.18. The van der Waals surface area contributed by atoms with E-state index in [0.29, 0.717) is 11.1 Å². The summed E-state index contributed by atoms with van der Waals surface area (Å²) in [6.07, 6.45) is 3.59. The first-order valence-electron chi connectivity index (χ1n) is 6.54. The van der Waals surface area contributed by atoms with Gasteiger partial charge in [-0.05, 0) is 35.9 Å². The van der Waals surface area contributed by atoms with Crippen molar-refractivity contribution in [1.29, 1.82) is 0 Å². The molecule has 0 saturated carbocycles. The zero-order valence-electron chi connectivity index (χ0n) is 11.1. The first-order valence-corrected chi connectivity index (χ1v) is 6.54. The van der Waals surface area contributed by atoms with E-state index in [9.17, 15) is 4.79 Å². The molecule has 1 unspecified atom stereocenters. The molecule has 1 atom stereocenters. The summed E-state index contributed by atoms with van der Waals surface area (Å²) in [4.78, 5) is 18.0. The van der Waals surface area contributed by atoms with Crippen molar-refractivity contribution in [2.24, 2.45) is 0 Å². The number of aromatic amines is 1. The van der Waals surface area contributed by atoms with Gasteiger partial charge in [0.2, 0.25) is 0 Å². The highest BCUT2D eigenvalue weighted by Crippen LogP contribution is 2.24. The number of fused-ring (bicyclic) bond motifs is 1. The highest BCUT2D eigenvalue weighted by Gasteiger charge is 2.14. The van der Waals surface area contributed by atoms with Crippen molar-refractivity contribution in [2.45, 2.75) is 13.0 Å². The fourth-order valence-corrected chi connectivity index (χ4v) is 2.32. The Labute approximate surface area is 115 Å². The van der Waals surface area contributed by atoms with Crippen LogP contribution in [-0.4, -0.2) is 16.5 Å². The lowest BCUT2D eigenvalue weighted by molar-refractivity contribution is 0.553. The minimum Gasteiger partial charge on any atom is -0.408 e. The molecule has 0 amide bonds. The summed E-state index contributed by atoms with van der Waals surface area (Å²) in [6, 6.07) is 9.68. The molecule has 5 heteroatoms. The van der Waals surface area contributed by atoms with E-state index in [1.54, 1.807) is 6.20 Å². The molecule has 0 bridgehead atoms. The van der Waals surface area contributed by atoms with Gasteiger partial charge >= 0.3 is 5.76 Å². The minimum atomic E-state index is -0.432. The van der Waals surface area contributed by atoms with Crippen LogP contribution in [0.25, 0.3) is 11.1 Å². The van der Waals surface area contributed by atoms with Crippen molar-refractivity contribution < 1.29 is 4.42 Å². The average Bonchev–Trinajstić information content (AvgIpc) is 2.84. The standard InChI is InChI=1S/C15H15N3O2/c1-2-17-14(11-4-3-7-16-9-11)10-5-6-12-13(8-10)20-15(19)18-12/h3-9,14,17H,2H2,1H3,(H,18,19). The summed E-state index contributed by atoms with van der Waals surface area (Å²) in [6.45, 7) is 2.88. The Morgan fingerprint density at radius 3 is 3.00 bits per heavy atom. The monoisotopic (exact) mass is 269 g/mol. The number of benzene rings is 1. The molecular formula is C15H15N3O2. The normalized spacial score (nSPS) is 12.7. The van der Waals surface area contributed by atoms with E-state index < -0.39 is 5.76 Å². The lowest BCUT2D eigenvalue weighted by Crippen LogP contribution is -2.22. The van der Waals surface area contributed by atoms with Crippen LogP contribution in [0.1, 0.15) is 24.1 Å². The quantitative estimate of drug-likeness (QED) is 0.761. The average molecular weight is 269 g/mol. The molecule has 0 spiro atoms. The van der Waals surface area contributed by atoms with Crippen LogP contribution >= 0.6 is 0 Å². The van der Waals surface area contributed by atoms with Crippen molar-refractivity contribution in [1.82, 2.24) is 15.3 Å². The molecule has 3 rings (SSSR count). The maximum absolute atomic E-state index is 11.2. The second kappa shape index (κ2) is 5.30. The summed E-state index contributed by atoms with van der Waals surface area (Å²) in [7, 11) is 0. The molecular weight excluding hydrogens is 254 g/mol. The molecule has 0 saturated heterocycles. The molecule has 102 valence electrons. The van der Waals surface area contributed by atoms with E-state index in [4.69, 9.17) is 4.42 Å². The van der Waals surface area contributed by atoms with E-state index in [1.807, 2.05) is 36.5 Å². The van der Waals surface area contributed by atoms with E-state index >= 15 is 0 Å². The van der Waals surface area contributed by atoms with Crippen LogP contribution in [0.15, 0.2) is 51.9 Å². The second-order valence-electron chi connectivity index (χ2n) is 4.55. The van der Waals surface area contributed by atoms with Crippen LogP contribution in [0.2, 0.25) is 0 Å². The van der Waals surface area contributed by atoms with Gasteiger partial charge in [0.15, 0.2) is 5.58 Å². The van der Waals surface area contributed by atoms with Gasteiger partial charge in [-0.15, -0.1) is 0 Å². The summed E-state index contributed by atoms with van der Waals surface area (Å²) in [5.74, 6) is -0.432. The number of oxazole rings is 1. The Hall–Kier alpha value is -2.40. The van der Waals surface area contributed by atoms with E-state index in [2.05, 4.69) is 22.2 Å². The Balaban J connectivity index is 2.07. The van der Waals surface area contributed by atoms with Gasteiger partial charge in [0.1, 0.15) is 0 Å². The van der Waals surface area contributed by atoms with Crippen molar-refractivity contribution >= 4 is 11.1 Å². The second-order valence-corrected chi connectivity index (χ2v) is 4.55. The van der Waals surface area contributed by atoms with Gasteiger partial charge in [-0.2, -0.15) is 0 Å². The summed E-state index contributed by atoms with van der Waals surface area (Å²) >= 11 is 0. The maximum atomic E-state index is 11.2. The molecule has 0 aliphatic rings. The number of pyridine rings is 1. The van der Waals surface area contributed by atoms with Crippen LogP contribution < -0.4 is 11.1 Å².